The van der Waals surface area contributed by atoms with Gasteiger partial charge in [0.1, 0.15) is 6.42 Å². The van der Waals surface area contributed by atoms with Crippen LogP contribution >= 0.6 is 0 Å². The van der Waals surface area contributed by atoms with Gasteiger partial charge in [0.2, 0.25) is 0 Å². The van der Waals surface area contributed by atoms with Gasteiger partial charge in [-0.2, -0.15) is 0 Å². The number of imidazole rings is 1. The molecular formula is C10H13N3O4. The highest BCUT2D eigenvalue weighted by molar-refractivity contribution is 5.99. The third-order valence-electron chi connectivity index (χ3n) is 2.62. The zero-order valence-electron chi connectivity index (χ0n) is 9.10. The van der Waals surface area contributed by atoms with Crippen molar-refractivity contribution in [2.24, 2.45) is 0 Å². The van der Waals surface area contributed by atoms with Gasteiger partial charge in [-0.3, -0.25) is 14.9 Å². The Morgan fingerprint density at radius 3 is 2.94 bits per heavy atom. The summed E-state index contributed by atoms with van der Waals surface area (Å²) in [6.45, 7) is 0.916. The number of carbonyl (C=O) groups is 2. The molecule has 0 amide bonds. The molecule has 0 aliphatic carbocycles. The van der Waals surface area contributed by atoms with Crippen LogP contribution in [0.25, 0.3) is 0 Å². The summed E-state index contributed by atoms with van der Waals surface area (Å²) in [7, 11) is 0. The lowest BCUT2D eigenvalue weighted by Crippen LogP contribution is -2.51. The van der Waals surface area contributed by atoms with Crippen LogP contribution in [0.4, 0.5) is 0 Å². The molecule has 3 N–H and O–H groups in total. The van der Waals surface area contributed by atoms with E-state index in [4.69, 9.17) is 9.84 Å². The summed E-state index contributed by atoms with van der Waals surface area (Å²) >= 11 is 0. The Morgan fingerprint density at radius 1 is 1.59 bits per heavy atom. The van der Waals surface area contributed by atoms with E-state index in [1.165, 1.54) is 6.33 Å². The Labute approximate surface area is 97.2 Å². The molecule has 0 unspecified atom stereocenters. The largest absolute Gasteiger partial charge is 0.481 e. The third kappa shape index (κ3) is 2.51. The van der Waals surface area contributed by atoms with Crippen molar-refractivity contribution in [3.8, 4) is 0 Å². The van der Waals surface area contributed by atoms with Crippen LogP contribution in [0.1, 0.15) is 12.1 Å². The first-order valence-corrected chi connectivity index (χ1v) is 5.24. The van der Waals surface area contributed by atoms with Crippen LogP contribution in [0.15, 0.2) is 12.5 Å². The molecule has 1 atom stereocenters. The number of nitrogens with zero attached hydrogens (tertiary/aromatic N) is 1. The number of hydrogen-bond acceptors (Lipinski definition) is 5. The van der Waals surface area contributed by atoms with E-state index < -0.39 is 23.9 Å². The maximum Gasteiger partial charge on any atom is 0.311 e. The Morgan fingerprint density at radius 2 is 2.41 bits per heavy atom. The van der Waals surface area contributed by atoms with Gasteiger partial charge in [0.15, 0.2) is 11.5 Å². The minimum atomic E-state index is -1.23. The van der Waals surface area contributed by atoms with E-state index in [0.29, 0.717) is 13.2 Å². The molecule has 2 rings (SSSR count). The van der Waals surface area contributed by atoms with Crippen LogP contribution in [0.2, 0.25) is 0 Å². The second-order valence-electron chi connectivity index (χ2n) is 3.85. The van der Waals surface area contributed by atoms with Gasteiger partial charge in [-0.25, -0.2) is 4.98 Å². The first-order valence-electron chi connectivity index (χ1n) is 5.24. The number of H-pyrrole nitrogens is 1. The van der Waals surface area contributed by atoms with Gasteiger partial charge in [0.25, 0.3) is 0 Å². The van der Waals surface area contributed by atoms with Gasteiger partial charge >= 0.3 is 5.97 Å². The molecule has 0 saturated carbocycles. The highest BCUT2D eigenvalue weighted by Crippen LogP contribution is 2.20. The number of rotatable bonds is 5. The number of carboxylic acids is 1. The molecule has 92 valence electrons. The summed E-state index contributed by atoms with van der Waals surface area (Å²) in [5, 5.41) is 11.6. The normalized spacial score (nSPS) is 23.8. The van der Waals surface area contributed by atoms with E-state index in [0.717, 1.165) is 5.69 Å². The summed E-state index contributed by atoms with van der Waals surface area (Å²) < 4.78 is 5.40. The summed E-state index contributed by atoms with van der Waals surface area (Å²) in [4.78, 5) is 29.2. The number of ketones is 1. The monoisotopic (exact) mass is 239 g/mol. The third-order valence-corrected chi connectivity index (χ3v) is 2.62. The second-order valence-corrected chi connectivity index (χ2v) is 3.85. The van der Waals surface area contributed by atoms with Crippen molar-refractivity contribution in [2.45, 2.75) is 18.6 Å². The van der Waals surface area contributed by atoms with Crippen molar-refractivity contribution in [2.75, 3.05) is 13.2 Å². The van der Waals surface area contributed by atoms with Gasteiger partial charge < -0.3 is 14.8 Å². The number of Topliss-reactive ketones (excluding diaryl/α,β-unsaturated/α-hetero) is 1. The molecule has 7 heteroatoms. The molecule has 17 heavy (non-hydrogen) atoms. The molecule has 1 fully saturated rings. The average molecular weight is 239 g/mol. The average Bonchev–Trinajstić information content (AvgIpc) is 2.89. The van der Waals surface area contributed by atoms with Crippen molar-refractivity contribution in [3.63, 3.8) is 0 Å². The van der Waals surface area contributed by atoms with Gasteiger partial charge in [0.05, 0.1) is 12.9 Å². The van der Waals surface area contributed by atoms with Crippen LogP contribution in [-0.2, 0) is 20.7 Å². The molecule has 1 saturated heterocycles. The molecule has 7 nitrogen and oxygen atoms in total. The molecule has 1 aromatic heterocycles. The van der Waals surface area contributed by atoms with Crippen molar-refractivity contribution in [1.29, 1.82) is 0 Å². The SMILES string of the molecule is O=C(O)CC(=O)[C@]1(Cc2cnc[nH]2)NCCO1. The fraction of sp³-hybridized carbons (Fsp3) is 0.500. The predicted molar refractivity (Wildman–Crippen MR) is 56.2 cm³/mol. The molecule has 1 aliphatic rings. The Hall–Kier alpha value is -1.73. The quantitative estimate of drug-likeness (QED) is 0.588. The van der Waals surface area contributed by atoms with Crippen LogP contribution in [0.3, 0.4) is 0 Å². The van der Waals surface area contributed by atoms with Crippen molar-refractivity contribution < 1.29 is 19.4 Å². The Balaban J connectivity index is 2.14. The van der Waals surface area contributed by atoms with E-state index in [2.05, 4.69) is 15.3 Å². The van der Waals surface area contributed by atoms with E-state index in [-0.39, 0.29) is 6.42 Å². The van der Waals surface area contributed by atoms with E-state index in [9.17, 15) is 9.59 Å². The maximum atomic E-state index is 11.9. The van der Waals surface area contributed by atoms with Gasteiger partial charge in [-0.15, -0.1) is 0 Å². The molecule has 1 aromatic rings. The molecule has 2 heterocycles. The number of ether oxygens (including phenoxy) is 1. The number of aromatic nitrogens is 2. The lowest BCUT2D eigenvalue weighted by molar-refractivity contribution is -0.149. The number of hydrogen-bond donors (Lipinski definition) is 3. The molecule has 0 radical (unpaired) electrons. The fourth-order valence-corrected chi connectivity index (χ4v) is 1.85. The summed E-state index contributed by atoms with van der Waals surface area (Å²) in [6, 6.07) is 0. The standard InChI is InChI=1S/C10H13N3O4/c14-8(3-9(15)16)10(13-1-2-17-10)4-7-5-11-6-12-7/h5-6,13H,1-4H2,(H,11,12)(H,15,16)/t10-/m1/s1. The maximum absolute atomic E-state index is 11.9. The molecule has 0 spiro atoms. The van der Waals surface area contributed by atoms with Crippen LogP contribution < -0.4 is 5.32 Å². The van der Waals surface area contributed by atoms with Crippen molar-refractivity contribution in [3.05, 3.63) is 18.2 Å². The summed E-state index contributed by atoms with van der Waals surface area (Å²) in [5.74, 6) is -1.63. The summed E-state index contributed by atoms with van der Waals surface area (Å²) in [6.07, 6.45) is 2.78. The van der Waals surface area contributed by atoms with Gasteiger partial charge in [0, 0.05) is 24.9 Å². The smallest absolute Gasteiger partial charge is 0.311 e. The molecular weight excluding hydrogens is 226 g/mol. The summed E-state index contributed by atoms with van der Waals surface area (Å²) in [5.41, 5.74) is -0.511. The lowest BCUT2D eigenvalue weighted by atomic mass is 10.0. The van der Waals surface area contributed by atoms with Gasteiger partial charge in [-0.05, 0) is 0 Å². The lowest BCUT2D eigenvalue weighted by Gasteiger charge is -2.25. The molecule has 0 bridgehead atoms. The number of aromatic amines is 1. The highest BCUT2D eigenvalue weighted by atomic mass is 16.5. The van der Waals surface area contributed by atoms with E-state index in [1.54, 1.807) is 6.20 Å². The molecule has 0 aromatic carbocycles. The first kappa shape index (κ1) is 11.7. The van der Waals surface area contributed by atoms with Crippen LogP contribution in [-0.4, -0.2) is 45.7 Å². The first-order chi connectivity index (χ1) is 8.12. The highest BCUT2D eigenvalue weighted by Gasteiger charge is 2.43. The second kappa shape index (κ2) is 4.64. The van der Waals surface area contributed by atoms with Crippen molar-refractivity contribution in [1.82, 2.24) is 15.3 Å². The minimum Gasteiger partial charge on any atom is -0.481 e. The fourth-order valence-electron chi connectivity index (χ4n) is 1.85. The Kier molecular flexibility index (Phi) is 3.21. The molecule has 1 aliphatic heterocycles. The number of carbonyl (C=O) groups excluding carboxylic acids is 1. The zero-order chi connectivity index (χ0) is 12.3. The number of nitrogens with one attached hydrogen (secondary N) is 2. The van der Waals surface area contributed by atoms with E-state index >= 15 is 0 Å². The van der Waals surface area contributed by atoms with Crippen molar-refractivity contribution >= 4 is 11.8 Å². The minimum absolute atomic E-state index is 0.249. The predicted octanol–water partition coefficient (Wildman–Crippen LogP) is -0.688. The number of carboxylic acid groups (broad SMARTS) is 1. The topological polar surface area (TPSA) is 104 Å². The van der Waals surface area contributed by atoms with Gasteiger partial charge in [-0.1, -0.05) is 0 Å². The zero-order valence-corrected chi connectivity index (χ0v) is 9.10. The van der Waals surface area contributed by atoms with Crippen LogP contribution in [0, 0.1) is 0 Å². The van der Waals surface area contributed by atoms with E-state index in [1.807, 2.05) is 0 Å². The Bertz CT molecular complexity index is 409. The number of aliphatic carboxylic acids is 1. The van der Waals surface area contributed by atoms with Crippen LogP contribution in [0.5, 0.6) is 0 Å².